The molecule has 11 heteroatoms. The van der Waals surface area contributed by atoms with Gasteiger partial charge in [-0.3, -0.25) is 4.98 Å². The van der Waals surface area contributed by atoms with Crippen LogP contribution in [0.15, 0.2) is 60.8 Å². The first-order valence-electron chi connectivity index (χ1n) is 11.3. The number of alkyl halides is 3. The molecule has 0 radical (unpaired) electrons. The van der Waals surface area contributed by atoms with E-state index in [9.17, 15) is 22.8 Å². The Morgan fingerprint density at radius 1 is 1.05 bits per heavy atom. The average Bonchev–Trinajstić information content (AvgIpc) is 3.26. The van der Waals surface area contributed by atoms with E-state index in [4.69, 9.17) is 16.6 Å². The summed E-state index contributed by atoms with van der Waals surface area (Å²) < 4.78 is 56.7. The minimum Gasteiger partial charge on any atom is -0.598 e. The van der Waals surface area contributed by atoms with Crippen molar-refractivity contribution in [1.82, 2.24) is 14.7 Å². The molecule has 2 N–H and O–H groups in total. The molecule has 0 bridgehead atoms. The molecule has 196 valence electrons. The molecule has 0 aliphatic carbocycles. The van der Waals surface area contributed by atoms with Crippen LogP contribution in [0.4, 0.5) is 13.2 Å². The van der Waals surface area contributed by atoms with Gasteiger partial charge in [-0.2, -0.15) is 13.2 Å². The first-order valence-corrected chi connectivity index (χ1v) is 13.6. The third-order valence-corrected chi connectivity index (χ3v) is 8.90. The van der Waals surface area contributed by atoms with Crippen molar-refractivity contribution in [2.75, 3.05) is 0 Å². The van der Waals surface area contributed by atoms with Gasteiger partial charge in [0.2, 0.25) is 0 Å². The van der Waals surface area contributed by atoms with Crippen molar-refractivity contribution in [2.45, 2.75) is 50.3 Å². The van der Waals surface area contributed by atoms with Crippen LogP contribution in [0.3, 0.4) is 0 Å². The zero-order valence-electron chi connectivity index (χ0n) is 20.4. The maximum absolute atomic E-state index is 13.5. The summed E-state index contributed by atoms with van der Waals surface area (Å²) >= 11 is 6.36. The van der Waals surface area contributed by atoms with Gasteiger partial charge >= 0.3 is 6.18 Å². The van der Waals surface area contributed by atoms with Gasteiger partial charge in [-0.25, -0.2) is 4.98 Å². The van der Waals surface area contributed by atoms with Crippen molar-refractivity contribution in [3.63, 3.8) is 0 Å². The van der Waals surface area contributed by atoms with Crippen molar-refractivity contribution >= 4 is 44.5 Å². The number of thiazole rings is 1. The number of nitrogens with zero attached hydrogens (tertiary/aromatic N) is 2. The first-order chi connectivity index (χ1) is 17.2. The van der Waals surface area contributed by atoms with Gasteiger partial charge in [0.1, 0.15) is 15.8 Å². The van der Waals surface area contributed by atoms with E-state index in [1.54, 1.807) is 30.3 Å². The highest BCUT2D eigenvalue weighted by atomic mass is 35.5. The zero-order chi connectivity index (χ0) is 27.2. The molecule has 2 aromatic carbocycles. The third kappa shape index (κ3) is 5.64. The minimum absolute atomic E-state index is 0.267. The lowest BCUT2D eigenvalue weighted by atomic mass is 9.94. The molecule has 2 unspecified atom stereocenters. The summed E-state index contributed by atoms with van der Waals surface area (Å²) in [5.41, 5.74) is -1.22. The van der Waals surface area contributed by atoms with Crippen molar-refractivity contribution in [3.8, 4) is 11.3 Å². The zero-order valence-corrected chi connectivity index (χ0v) is 22.8. The fraction of sp³-hybridized carbons (Fsp3) is 0.308. The molecule has 0 spiro atoms. The summed E-state index contributed by atoms with van der Waals surface area (Å²) in [6.45, 7) is 6.27. The molecule has 0 saturated heterocycles. The Morgan fingerprint density at radius 3 is 2.41 bits per heavy atom. The van der Waals surface area contributed by atoms with Gasteiger partial charge in [-0.15, -0.1) is 16.1 Å². The number of hydrogen-bond acceptors (Lipinski definition) is 6. The van der Waals surface area contributed by atoms with E-state index in [1.165, 1.54) is 23.6 Å². The van der Waals surface area contributed by atoms with Crippen LogP contribution in [-0.4, -0.2) is 30.6 Å². The standard InChI is InChI=1S/C26H25ClF3N3O2S2/c1-24(2,3)37(35)33-21(16-8-5-6-10-18(16)27)23-32-19-11-7-9-17(22(19)36-23)20-14-15(12-13-31-20)25(4,34)26(28,29)30/h5-14,21,33-34H,1-4H3/t21-,25?,37?/m1/s1. The predicted molar refractivity (Wildman–Crippen MR) is 143 cm³/mol. The topological polar surface area (TPSA) is 81.1 Å². The number of halogens is 4. The first kappa shape index (κ1) is 27.8. The second-order valence-corrected chi connectivity index (χ2v) is 13.1. The van der Waals surface area contributed by atoms with Crippen LogP contribution in [0.1, 0.15) is 49.9 Å². The number of hydrogen-bond donors (Lipinski definition) is 2. The van der Waals surface area contributed by atoms with Crippen LogP contribution in [0.25, 0.3) is 21.5 Å². The van der Waals surface area contributed by atoms with Crippen LogP contribution in [0, 0.1) is 0 Å². The van der Waals surface area contributed by atoms with E-state index < -0.39 is 33.9 Å². The van der Waals surface area contributed by atoms with Gasteiger partial charge in [0, 0.05) is 28.1 Å². The Balaban J connectivity index is 1.84. The largest absolute Gasteiger partial charge is 0.598 e. The highest BCUT2D eigenvalue weighted by Crippen LogP contribution is 2.41. The summed E-state index contributed by atoms with van der Waals surface area (Å²) in [7, 11) is 0. The van der Waals surface area contributed by atoms with Crippen LogP contribution in [0.2, 0.25) is 5.02 Å². The average molecular weight is 568 g/mol. The van der Waals surface area contributed by atoms with Gasteiger partial charge in [-0.05, 0) is 63.1 Å². The Morgan fingerprint density at radius 2 is 1.76 bits per heavy atom. The normalized spacial score (nSPS) is 15.9. The van der Waals surface area contributed by atoms with Crippen molar-refractivity contribution in [3.05, 3.63) is 82.0 Å². The number of aliphatic hydroxyl groups is 1. The van der Waals surface area contributed by atoms with E-state index in [2.05, 4.69) is 9.71 Å². The lowest BCUT2D eigenvalue weighted by Gasteiger charge is -2.27. The van der Waals surface area contributed by atoms with Crippen LogP contribution in [-0.2, 0) is 17.0 Å². The molecule has 3 atom stereocenters. The van der Waals surface area contributed by atoms with Gasteiger partial charge in [0.05, 0.1) is 15.9 Å². The SMILES string of the molecule is CC(C)(C)[S+]([O-])N[C@@H](c1nc2cccc(-c3cc(C(C)(O)C(F)(F)F)ccn3)c2s1)c1ccccc1Cl. The Hall–Kier alpha value is -2.21. The summed E-state index contributed by atoms with van der Waals surface area (Å²) in [5.74, 6) is 0. The van der Waals surface area contributed by atoms with E-state index in [-0.39, 0.29) is 11.3 Å². The number of fused-ring (bicyclic) bond motifs is 1. The molecule has 2 heterocycles. The summed E-state index contributed by atoms with van der Waals surface area (Å²) in [6.07, 6.45) is -3.61. The molecule has 4 aromatic rings. The Kier molecular flexibility index (Phi) is 7.64. The monoisotopic (exact) mass is 567 g/mol. The van der Waals surface area contributed by atoms with E-state index in [0.717, 1.165) is 6.07 Å². The van der Waals surface area contributed by atoms with Gasteiger partial charge in [-0.1, -0.05) is 41.9 Å². The molecule has 0 fully saturated rings. The van der Waals surface area contributed by atoms with Gasteiger partial charge < -0.3 is 9.66 Å². The molecular formula is C26H25ClF3N3O2S2. The van der Waals surface area contributed by atoms with E-state index in [0.29, 0.717) is 38.3 Å². The highest BCUT2D eigenvalue weighted by molar-refractivity contribution is 7.90. The molecule has 0 aliphatic heterocycles. The number of pyridine rings is 1. The van der Waals surface area contributed by atoms with Crippen molar-refractivity contribution in [2.24, 2.45) is 0 Å². The number of aromatic nitrogens is 2. The number of rotatable bonds is 6. The second-order valence-electron chi connectivity index (χ2n) is 9.66. The minimum atomic E-state index is -4.86. The maximum atomic E-state index is 13.5. The van der Waals surface area contributed by atoms with Crippen molar-refractivity contribution < 1.29 is 22.8 Å². The van der Waals surface area contributed by atoms with Gasteiger partial charge in [0.15, 0.2) is 5.60 Å². The lowest BCUT2D eigenvalue weighted by molar-refractivity contribution is -0.258. The fourth-order valence-electron chi connectivity index (χ4n) is 3.58. The molecular weight excluding hydrogens is 543 g/mol. The van der Waals surface area contributed by atoms with Crippen LogP contribution in [0.5, 0.6) is 0 Å². The Labute approximate surface area is 225 Å². The highest BCUT2D eigenvalue weighted by Gasteiger charge is 2.51. The molecule has 5 nitrogen and oxygen atoms in total. The number of benzene rings is 2. The Bertz CT molecular complexity index is 1420. The molecule has 2 aromatic heterocycles. The summed E-state index contributed by atoms with van der Waals surface area (Å²) in [4.78, 5) is 9.05. The van der Waals surface area contributed by atoms with Crippen LogP contribution < -0.4 is 4.72 Å². The van der Waals surface area contributed by atoms with E-state index >= 15 is 0 Å². The molecule has 37 heavy (non-hydrogen) atoms. The van der Waals surface area contributed by atoms with Crippen molar-refractivity contribution in [1.29, 1.82) is 0 Å². The number of nitrogens with one attached hydrogen (secondary N) is 1. The predicted octanol–water partition coefficient (Wildman–Crippen LogP) is 6.92. The second kappa shape index (κ2) is 10.2. The van der Waals surface area contributed by atoms with Crippen LogP contribution >= 0.6 is 22.9 Å². The molecule has 4 rings (SSSR count). The fourth-order valence-corrected chi connectivity index (χ4v) is 5.86. The maximum Gasteiger partial charge on any atom is 0.421 e. The molecule has 0 amide bonds. The lowest BCUT2D eigenvalue weighted by Crippen LogP contribution is -2.41. The smallest absolute Gasteiger partial charge is 0.421 e. The summed E-state index contributed by atoms with van der Waals surface area (Å²) in [6, 6.07) is 14.3. The summed E-state index contributed by atoms with van der Waals surface area (Å²) in [5, 5.41) is 11.2. The quantitative estimate of drug-likeness (QED) is 0.247. The van der Waals surface area contributed by atoms with E-state index in [1.807, 2.05) is 32.9 Å². The molecule has 0 saturated carbocycles. The molecule has 0 aliphatic rings. The van der Waals surface area contributed by atoms with Gasteiger partial charge in [0.25, 0.3) is 0 Å². The third-order valence-electron chi connectivity index (χ3n) is 5.83.